The Morgan fingerprint density at radius 2 is 1.78 bits per heavy atom. The lowest BCUT2D eigenvalue weighted by Gasteiger charge is -2.20. The fourth-order valence-electron chi connectivity index (χ4n) is 2.42. The predicted octanol–water partition coefficient (Wildman–Crippen LogP) is 2.96. The molecular weight excluding hydrogens is 394 g/mol. The van der Waals surface area contributed by atoms with Gasteiger partial charge in [-0.15, -0.1) is 0 Å². The summed E-state index contributed by atoms with van der Waals surface area (Å²) in [5.41, 5.74) is 0.737. The second-order valence-electron chi connectivity index (χ2n) is 5.58. The number of sulfonamides is 1. The maximum atomic E-state index is 13.0. The second-order valence-corrected chi connectivity index (χ2v) is 8.00. The van der Waals surface area contributed by atoms with E-state index in [1.165, 1.54) is 46.6 Å². The Hall–Kier alpha value is -2.29. The van der Waals surface area contributed by atoms with E-state index in [1.54, 1.807) is 18.2 Å². The van der Waals surface area contributed by atoms with Crippen LogP contribution in [0.15, 0.2) is 41.3 Å². The van der Waals surface area contributed by atoms with Crippen molar-refractivity contribution in [1.29, 1.82) is 0 Å². The van der Waals surface area contributed by atoms with Gasteiger partial charge in [-0.3, -0.25) is 0 Å². The summed E-state index contributed by atoms with van der Waals surface area (Å²) >= 11 is 6.07. The van der Waals surface area contributed by atoms with Gasteiger partial charge >= 0.3 is 5.97 Å². The number of rotatable bonds is 7. The number of hydrogen-bond acceptors (Lipinski definition) is 6. The smallest absolute Gasteiger partial charge is 0.337 e. The molecule has 0 aliphatic carbocycles. The Kier molecular flexibility index (Phi) is 6.69. The Bertz CT molecular complexity index is 945. The first-order valence-electron chi connectivity index (χ1n) is 7.79. The molecule has 146 valence electrons. The maximum absolute atomic E-state index is 13.0. The standard InChI is InChI=1S/C18H20ClNO6S/c1-20(11-13-5-7-14(24-2)10-16(13)25-3)27(22,23)17-9-12(18(21)26-4)6-8-15(17)19/h5-10H,11H2,1-4H3. The topological polar surface area (TPSA) is 82.1 Å². The van der Waals surface area contributed by atoms with E-state index in [1.807, 2.05) is 0 Å². The van der Waals surface area contributed by atoms with Crippen LogP contribution < -0.4 is 9.47 Å². The van der Waals surface area contributed by atoms with Crippen molar-refractivity contribution in [3.05, 3.63) is 52.5 Å². The highest BCUT2D eigenvalue weighted by Crippen LogP contribution is 2.29. The van der Waals surface area contributed by atoms with E-state index in [4.69, 9.17) is 21.1 Å². The molecule has 0 atom stereocenters. The second kappa shape index (κ2) is 8.60. The SMILES string of the molecule is COC(=O)c1ccc(Cl)c(S(=O)(=O)N(C)Cc2ccc(OC)cc2OC)c1. The van der Waals surface area contributed by atoms with E-state index in [0.717, 1.165) is 4.31 Å². The molecule has 2 aromatic carbocycles. The zero-order valence-corrected chi connectivity index (χ0v) is 16.9. The molecule has 2 rings (SSSR count). The van der Waals surface area contributed by atoms with Crippen LogP contribution in [-0.4, -0.2) is 47.1 Å². The number of halogens is 1. The molecule has 0 aliphatic rings. The first-order valence-corrected chi connectivity index (χ1v) is 9.61. The summed E-state index contributed by atoms with van der Waals surface area (Å²) in [5.74, 6) is 0.434. The Morgan fingerprint density at radius 1 is 1.07 bits per heavy atom. The van der Waals surface area contributed by atoms with Crippen LogP contribution in [0.5, 0.6) is 11.5 Å². The van der Waals surface area contributed by atoms with Gasteiger partial charge < -0.3 is 14.2 Å². The molecule has 0 heterocycles. The molecular formula is C18H20ClNO6S. The molecule has 0 fully saturated rings. The molecule has 0 unspecified atom stereocenters. The van der Waals surface area contributed by atoms with E-state index >= 15 is 0 Å². The van der Waals surface area contributed by atoms with Crippen LogP contribution in [0.4, 0.5) is 0 Å². The number of esters is 1. The minimum absolute atomic E-state index is 0.0104. The Morgan fingerprint density at radius 3 is 2.37 bits per heavy atom. The van der Waals surface area contributed by atoms with Gasteiger partial charge in [0.15, 0.2) is 0 Å². The Labute approximate surface area is 163 Å². The maximum Gasteiger partial charge on any atom is 0.337 e. The molecule has 0 aliphatic heterocycles. The van der Waals surface area contributed by atoms with Crippen LogP contribution in [0.25, 0.3) is 0 Å². The van der Waals surface area contributed by atoms with Crippen LogP contribution in [0.2, 0.25) is 5.02 Å². The molecule has 2 aromatic rings. The van der Waals surface area contributed by atoms with Crippen molar-refractivity contribution >= 4 is 27.6 Å². The first-order chi connectivity index (χ1) is 12.7. The van der Waals surface area contributed by atoms with Gasteiger partial charge in [0.1, 0.15) is 16.4 Å². The zero-order chi connectivity index (χ0) is 20.2. The predicted molar refractivity (Wildman–Crippen MR) is 101 cm³/mol. The van der Waals surface area contributed by atoms with Gasteiger partial charge in [-0.1, -0.05) is 17.7 Å². The summed E-state index contributed by atoms with van der Waals surface area (Å²) in [7, 11) is 1.68. The summed E-state index contributed by atoms with van der Waals surface area (Å²) in [6.45, 7) is 0.0360. The van der Waals surface area contributed by atoms with E-state index in [-0.39, 0.29) is 22.0 Å². The molecule has 7 nitrogen and oxygen atoms in total. The lowest BCUT2D eigenvalue weighted by Crippen LogP contribution is -2.27. The quantitative estimate of drug-likeness (QED) is 0.649. The summed E-state index contributed by atoms with van der Waals surface area (Å²) in [4.78, 5) is 11.5. The highest BCUT2D eigenvalue weighted by atomic mass is 35.5. The molecule has 0 bridgehead atoms. The molecule has 27 heavy (non-hydrogen) atoms. The zero-order valence-electron chi connectivity index (χ0n) is 15.4. The Balaban J connectivity index is 2.38. The molecule has 0 spiro atoms. The summed E-state index contributed by atoms with van der Waals surface area (Å²) < 4.78 is 42.1. The van der Waals surface area contributed by atoms with E-state index in [0.29, 0.717) is 17.1 Å². The minimum atomic E-state index is -3.97. The van der Waals surface area contributed by atoms with Gasteiger partial charge in [-0.05, 0) is 24.3 Å². The third-order valence-corrected chi connectivity index (χ3v) is 6.21. The first kappa shape index (κ1) is 21.0. The van der Waals surface area contributed by atoms with Crippen LogP contribution in [-0.2, 0) is 21.3 Å². The van der Waals surface area contributed by atoms with Crippen LogP contribution in [0.1, 0.15) is 15.9 Å². The van der Waals surface area contributed by atoms with Crippen LogP contribution in [0.3, 0.4) is 0 Å². The number of carbonyl (C=O) groups is 1. The lowest BCUT2D eigenvalue weighted by atomic mass is 10.2. The normalized spacial score (nSPS) is 11.3. The van der Waals surface area contributed by atoms with Crippen molar-refractivity contribution in [3.8, 4) is 11.5 Å². The summed E-state index contributed by atoms with van der Waals surface area (Å²) in [5, 5.41) is 0.0104. The number of methoxy groups -OCH3 is 3. The molecule has 9 heteroatoms. The van der Waals surface area contributed by atoms with Crippen molar-refractivity contribution in [2.45, 2.75) is 11.4 Å². The average molecular weight is 414 g/mol. The van der Waals surface area contributed by atoms with E-state index in [2.05, 4.69) is 4.74 Å². The van der Waals surface area contributed by atoms with E-state index in [9.17, 15) is 13.2 Å². The van der Waals surface area contributed by atoms with Crippen molar-refractivity contribution < 1.29 is 27.4 Å². The van der Waals surface area contributed by atoms with Gasteiger partial charge in [0, 0.05) is 25.2 Å². The molecule has 0 aromatic heterocycles. The largest absolute Gasteiger partial charge is 0.497 e. The summed E-state index contributed by atoms with van der Waals surface area (Å²) in [6, 6.07) is 9.05. The number of carbonyl (C=O) groups excluding carboxylic acids is 1. The van der Waals surface area contributed by atoms with Crippen LogP contribution in [0, 0.1) is 0 Å². The van der Waals surface area contributed by atoms with Gasteiger partial charge in [-0.25, -0.2) is 13.2 Å². The third kappa shape index (κ3) is 4.52. The number of hydrogen-bond donors (Lipinski definition) is 0. The molecule has 0 radical (unpaired) electrons. The van der Waals surface area contributed by atoms with Gasteiger partial charge in [0.25, 0.3) is 0 Å². The molecule has 0 saturated heterocycles. The summed E-state index contributed by atoms with van der Waals surface area (Å²) in [6.07, 6.45) is 0. The van der Waals surface area contributed by atoms with Crippen LogP contribution >= 0.6 is 11.6 Å². The fraction of sp³-hybridized carbons (Fsp3) is 0.278. The number of ether oxygens (including phenoxy) is 3. The highest BCUT2D eigenvalue weighted by molar-refractivity contribution is 7.89. The molecule has 0 N–H and O–H groups in total. The number of benzene rings is 2. The molecule has 0 amide bonds. The number of nitrogens with zero attached hydrogens (tertiary/aromatic N) is 1. The average Bonchev–Trinajstić information content (AvgIpc) is 2.67. The highest BCUT2D eigenvalue weighted by Gasteiger charge is 2.26. The van der Waals surface area contributed by atoms with Crippen molar-refractivity contribution in [2.75, 3.05) is 28.4 Å². The fourth-order valence-corrected chi connectivity index (χ4v) is 4.07. The van der Waals surface area contributed by atoms with E-state index < -0.39 is 16.0 Å². The van der Waals surface area contributed by atoms with Crippen molar-refractivity contribution in [3.63, 3.8) is 0 Å². The van der Waals surface area contributed by atoms with Gasteiger partial charge in [0.2, 0.25) is 10.0 Å². The third-order valence-electron chi connectivity index (χ3n) is 3.93. The van der Waals surface area contributed by atoms with Gasteiger partial charge in [-0.2, -0.15) is 4.31 Å². The van der Waals surface area contributed by atoms with Gasteiger partial charge in [0.05, 0.1) is 31.9 Å². The monoisotopic (exact) mass is 413 g/mol. The van der Waals surface area contributed by atoms with Crippen molar-refractivity contribution in [2.24, 2.45) is 0 Å². The minimum Gasteiger partial charge on any atom is -0.497 e. The lowest BCUT2D eigenvalue weighted by molar-refractivity contribution is 0.0600. The van der Waals surface area contributed by atoms with Crippen molar-refractivity contribution in [1.82, 2.24) is 4.31 Å². The molecule has 0 saturated carbocycles.